The molecule has 49 heavy (non-hydrogen) atoms. The summed E-state index contributed by atoms with van der Waals surface area (Å²) in [7, 11) is 0. The molecule has 11 nitrogen and oxygen atoms in total. The number of pyridine rings is 1. The standard InChI is InChI=1S/C36H44Cl2N8O3/c1-7-49-29-20-30(34(2,3)4)41-21-28(29)32-42-35(5,24-8-12-26(37)13-9-24)36(6,25-10-14-27(38)15-11-25)46(32)33(48)44-18-16-43(17-19-44)31(47)22-45(40)23-39/h8-15,20-21,23,39H,7,16-19,22,40H2,1-6H3. The van der Waals surface area contributed by atoms with Gasteiger partial charge in [-0.05, 0) is 56.2 Å². The van der Waals surface area contributed by atoms with E-state index in [9.17, 15) is 4.79 Å². The van der Waals surface area contributed by atoms with Gasteiger partial charge in [-0.1, -0.05) is 68.2 Å². The molecule has 1 saturated heterocycles. The number of amidine groups is 1. The first kappa shape index (κ1) is 36.1. The Morgan fingerprint density at radius 1 is 0.980 bits per heavy atom. The number of halogens is 2. The third-order valence-electron chi connectivity index (χ3n) is 9.50. The summed E-state index contributed by atoms with van der Waals surface area (Å²) in [6.45, 7) is 13.7. The van der Waals surface area contributed by atoms with Gasteiger partial charge in [-0.2, -0.15) is 0 Å². The first-order valence-electron chi connectivity index (χ1n) is 16.3. The molecule has 0 spiro atoms. The molecule has 5 rings (SSSR count). The van der Waals surface area contributed by atoms with Crippen molar-refractivity contribution < 1.29 is 14.3 Å². The van der Waals surface area contributed by atoms with Gasteiger partial charge in [0.25, 0.3) is 0 Å². The lowest BCUT2D eigenvalue weighted by atomic mass is 9.71. The molecule has 13 heteroatoms. The van der Waals surface area contributed by atoms with Gasteiger partial charge in [0.05, 0.1) is 18.5 Å². The molecule has 3 heterocycles. The van der Waals surface area contributed by atoms with E-state index in [0.29, 0.717) is 46.9 Å². The normalized spacial score (nSPS) is 21.0. The fourth-order valence-corrected chi connectivity index (χ4v) is 6.70. The second-order valence-electron chi connectivity index (χ2n) is 13.6. The Morgan fingerprint density at radius 2 is 1.53 bits per heavy atom. The molecule has 2 aliphatic heterocycles. The summed E-state index contributed by atoms with van der Waals surface area (Å²) in [5.41, 5.74) is 0.763. The molecule has 1 aromatic heterocycles. The lowest BCUT2D eigenvalue weighted by Crippen LogP contribution is -2.61. The Balaban J connectivity index is 1.68. The summed E-state index contributed by atoms with van der Waals surface area (Å²) in [6.07, 6.45) is 2.65. The smallest absolute Gasteiger partial charge is 0.326 e. The van der Waals surface area contributed by atoms with Crippen LogP contribution in [0.4, 0.5) is 4.79 Å². The highest BCUT2D eigenvalue weighted by molar-refractivity contribution is 6.30. The fraction of sp³-hybridized carbons (Fsp3) is 0.417. The summed E-state index contributed by atoms with van der Waals surface area (Å²) in [4.78, 5) is 43.4. The van der Waals surface area contributed by atoms with Crippen LogP contribution in [0.2, 0.25) is 10.0 Å². The number of nitrogens with zero attached hydrogens (tertiary/aromatic N) is 6. The van der Waals surface area contributed by atoms with Crippen molar-refractivity contribution in [3.63, 3.8) is 0 Å². The summed E-state index contributed by atoms with van der Waals surface area (Å²) in [5.74, 6) is 6.46. The van der Waals surface area contributed by atoms with Crippen molar-refractivity contribution >= 4 is 47.3 Å². The molecule has 260 valence electrons. The lowest BCUT2D eigenvalue weighted by Gasteiger charge is -2.47. The van der Waals surface area contributed by atoms with Crippen LogP contribution in [0.25, 0.3) is 0 Å². The number of nitrogens with one attached hydrogen (secondary N) is 1. The van der Waals surface area contributed by atoms with Gasteiger partial charge in [0.2, 0.25) is 5.91 Å². The molecule has 3 N–H and O–H groups in total. The van der Waals surface area contributed by atoms with Crippen LogP contribution < -0.4 is 10.6 Å². The summed E-state index contributed by atoms with van der Waals surface area (Å²) in [5, 5.41) is 9.48. The minimum atomic E-state index is -1.08. The number of carbonyl (C=O) groups is 2. The number of aromatic nitrogens is 1. The molecule has 2 atom stereocenters. The summed E-state index contributed by atoms with van der Waals surface area (Å²) < 4.78 is 6.24. The summed E-state index contributed by atoms with van der Waals surface area (Å²) in [6, 6.07) is 16.7. The zero-order chi connectivity index (χ0) is 35.7. The highest BCUT2D eigenvalue weighted by Crippen LogP contribution is 2.54. The van der Waals surface area contributed by atoms with Crippen LogP contribution in [-0.4, -0.2) is 88.1 Å². The maximum atomic E-state index is 15.1. The van der Waals surface area contributed by atoms with Gasteiger partial charge < -0.3 is 14.5 Å². The van der Waals surface area contributed by atoms with Crippen LogP contribution in [0.3, 0.4) is 0 Å². The van der Waals surface area contributed by atoms with Crippen LogP contribution >= 0.6 is 23.2 Å². The zero-order valence-electron chi connectivity index (χ0n) is 28.8. The van der Waals surface area contributed by atoms with E-state index in [1.807, 2.05) is 75.4 Å². The number of hydrogen-bond acceptors (Lipinski definition) is 7. The van der Waals surface area contributed by atoms with Crippen LogP contribution in [0.15, 0.2) is 65.8 Å². The number of aliphatic imine (C=N–C) groups is 1. The molecule has 2 unspecified atom stereocenters. The number of piperazine rings is 1. The Hall–Kier alpha value is -4.19. The highest BCUT2D eigenvalue weighted by atomic mass is 35.5. The third kappa shape index (κ3) is 6.84. The number of ether oxygens (including phenoxy) is 1. The van der Waals surface area contributed by atoms with Crippen molar-refractivity contribution in [2.24, 2.45) is 10.8 Å². The number of amides is 3. The maximum absolute atomic E-state index is 15.1. The van der Waals surface area contributed by atoms with Crippen molar-refractivity contribution in [1.29, 1.82) is 5.41 Å². The Bertz CT molecular complexity index is 1740. The molecule has 3 amide bonds. The highest BCUT2D eigenvalue weighted by Gasteiger charge is 2.60. The molecular weight excluding hydrogens is 663 g/mol. The predicted octanol–water partition coefficient (Wildman–Crippen LogP) is 6.02. The average Bonchev–Trinajstić information content (AvgIpc) is 3.32. The quantitative estimate of drug-likeness (QED) is 0.127. The van der Waals surface area contributed by atoms with Gasteiger partial charge >= 0.3 is 6.03 Å². The first-order valence-corrected chi connectivity index (χ1v) is 17.0. The topological polar surface area (TPSA) is 131 Å². The van der Waals surface area contributed by atoms with Crippen LogP contribution in [-0.2, 0) is 21.3 Å². The third-order valence-corrected chi connectivity index (χ3v) is 10.0. The first-order chi connectivity index (χ1) is 23.1. The Morgan fingerprint density at radius 3 is 2.06 bits per heavy atom. The van der Waals surface area contributed by atoms with Crippen LogP contribution in [0.5, 0.6) is 5.75 Å². The van der Waals surface area contributed by atoms with Crippen molar-refractivity contribution in [2.75, 3.05) is 39.3 Å². The van der Waals surface area contributed by atoms with Crippen molar-refractivity contribution in [2.45, 2.75) is 58.0 Å². The molecule has 2 aromatic carbocycles. The van der Waals surface area contributed by atoms with E-state index in [4.69, 9.17) is 49.2 Å². The van der Waals surface area contributed by atoms with Crippen LogP contribution in [0.1, 0.15) is 63.9 Å². The SMILES string of the molecule is CCOc1cc(C(C)(C)C)ncc1C1=NC(C)(c2ccc(Cl)cc2)C(C)(c2ccc(Cl)cc2)N1C(=O)N1CCN(C(=O)CN(N)C=N)CC1. The Kier molecular flexibility index (Phi) is 10.3. The number of hydrazine groups is 1. The van der Waals surface area contributed by atoms with E-state index in [1.54, 1.807) is 20.9 Å². The van der Waals surface area contributed by atoms with E-state index >= 15 is 4.79 Å². The molecule has 2 aliphatic rings. The fourth-order valence-electron chi connectivity index (χ4n) is 6.45. The van der Waals surface area contributed by atoms with Gasteiger partial charge in [0.1, 0.15) is 29.2 Å². The Labute approximate surface area is 298 Å². The number of nitrogens with two attached hydrogens (primary N) is 1. The van der Waals surface area contributed by atoms with Gasteiger partial charge in [-0.3, -0.25) is 30.1 Å². The average molecular weight is 708 g/mol. The van der Waals surface area contributed by atoms with E-state index in [1.165, 1.54) is 0 Å². The van der Waals surface area contributed by atoms with E-state index in [-0.39, 0.29) is 37.0 Å². The molecule has 0 radical (unpaired) electrons. The molecular formula is C36H44Cl2N8O3. The minimum Gasteiger partial charge on any atom is -0.493 e. The van der Waals surface area contributed by atoms with Gasteiger partial charge in [0.15, 0.2) is 0 Å². The second kappa shape index (κ2) is 14.0. The van der Waals surface area contributed by atoms with Crippen molar-refractivity contribution in [3.05, 3.63) is 93.2 Å². The molecule has 0 aliphatic carbocycles. The molecule has 0 bridgehead atoms. The van der Waals surface area contributed by atoms with E-state index in [0.717, 1.165) is 28.2 Å². The monoisotopic (exact) mass is 706 g/mol. The van der Waals surface area contributed by atoms with Gasteiger partial charge in [-0.15, -0.1) is 0 Å². The van der Waals surface area contributed by atoms with Crippen LogP contribution in [0, 0.1) is 5.41 Å². The summed E-state index contributed by atoms with van der Waals surface area (Å²) >= 11 is 12.7. The maximum Gasteiger partial charge on any atom is 0.326 e. The van der Waals surface area contributed by atoms with E-state index < -0.39 is 11.1 Å². The number of benzene rings is 2. The predicted molar refractivity (Wildman–Crippen MR) is 193 cm³/mol. The van der Waals surface area contributed by atoms with Gasteiger partial charge in [0, 0.05) is 59.6 Å². The molecule has 1 fully saturated rings. The lowest BCUT2D eigenvalue weighted by molar-refractivity contribution is -0.133. The number of urea groups is 1. The molecule has 3 aromatic rings. The number of rotatable bonds is 8. The van der Waals surface area contributed by atoms with Crippen molar-refractivity contribution in [3.8, 4) is 5.75 Å². The number of hydrogen-bond donors (Lipinski definition) is 2. The van der Waals surface area contributed by atoms with E-state index in [2.05, 4.69) is 20.8 Å². The van der Waals surface area contributed by atoms with Gasteiger partial charge in [-0.25, -0.2) is 10.6 Å². The van der Waals surface area contributed by atoms with Crippen molar-refractivity contribution in [1.82, 2.24) is 24.7 Å². The molecule has 0 saturated carbocycles. The second-order valence-corrected chi connectivity index (χ2v) is 14.5. The minimum absolute atomic E-state index is 0.119. The zero-order valence-corrected chi connectivity index (χ0v) is 30.3. The number of carbonyl (C=O) groups excluding carboxylic acids is 2. The largest absolute Gasteiger partial charge is 0.493 e.